The van der Waals surface area contributed by atoms with E-state index in [4.69, 9.17) is 5.11 Å². The van der Waals surface area contributed by atoms with E-state index < -0.39 is 16.3 Å². The second-order valence-electron chi connectivity index (χ2n) is 5.33. The molecule has 0 atom stereocenters. The van der Waals surface area contributed by atoms with Crippen LogP contribution in [-0.2, 0) is 9.59 Å². The highest BCUT2D eigenvalue weighted by atomic mass is 32.2. The van der Waals surface area contributed by atoms with Gasteiger partial charge in [0.2, 0.25) is 5.91 Å². The first-order valence-electron chi connectivity index (χ1n) is 6.60. The summed E-state index contributed by atoms with van der Waals surface area (Å²) in [6.45, 7) is 3.50. The van der Waals surface area contributed by atoms with Crippen molar-refractivity contribution in [3.8, 4) is 0 Å². The van der Waals surface area contributed by atoms with Crippen LogP contribution < -0.4 is 5.32 Å². The van der Waals surface area contributed by atoms with E-state index in [-0.39, 0.29) is 17.3 Å². The first kappa shape index (κ1) is 18.0. The van der Waals surface area contributed by atoms with Crippen LogP contribution >= 0.6 is 11.8 Å². The van der Waals surface area contributed by atoms with E-state index in [0.717, 1.165) is 4.90 Å². The Kier molecular flexibility index (Phi) is 6.36. The maximum absolute atomic E-state index is 11.7. The molecule has 0 aliphatic carbocycles. The standard InChI is InChI=1S/C14H18N2O5S/c1-14(2,13(18)19)7-8-15-12(17)9-22-11-5-3-10(4-6-11)16(20)21/h3-6H,7-9H2,1-2H3,(H,15,17)(H,18,19). The Hall–Kier alpha value is -2.09. The van der Waals surface area contributed by atoms with Crippen LogP contribution in [0.5, 0.6) is 0 Å². The zero-order valence-electron chi connectivity index (χ0n) is 12.4. The largest absolute Gasteiger partial charge is 0.481 e. The molecule has 22 heavy (non-hydrogen) atoms. The maximum atomic E-state index is 11.7. The number of amides is 1. The van der Waals surface area contributed by atoms with Crippen LogP contribution in [0.3, 0.4) is 0 Å². The van der Waals surface area contributed by atoms with Crippen LogP contribution in [0.2, 0.25) is 0 Å². The number of benzene rings is 1. The Morgan fingerprint density at radius 1 is 1.32 bits per heavy atom. The molecule has 0 spiro atoms. The number of carbonyl (C=O) groups is 2. The summed E-state index contributed by atoms with van der Waals surface area (Å²) in [5, 5.41) is 22.1. The van der Waals surface area contributed by atoms with Gasteiger partial charge in [-0.3, -0.25) is 19.7 Å². The molecular formula is C14H18N2O5S. The van der Waals surface area contributed by atoms with Gasteiger partial charge in [-0.1, -0.05) is 0 Å². The molecule has 7 nitrogen and oxygen atoms in total. The molecule has 0 fully saturated rings. The number of hydrogen-bond acceptors (Lipinski definition) is 5. The van der Waals surface area contributed by atoms with Crippen molar-refractivity contribution in [2.75, 3.05) is 12.3 Å². The van der Waals surface area contributed by atoms with Gasteiger partial charge in [0.05, 0.1) is 16.1 Å². The predicted octanol–water partition coefficient (Wildman–Crippen LogP) is 2.30. The first-order chi connectivity index (χ1) is 10.2. The number of nitrogens with one attached hydrogen (secondary N) is 1. The second kappa shape index (κ2) is 7.79. The van der Waals surface area contributed by atoms with Gasteiger partial charge in [-0.2, -0.15) is 0 Å². The quantitative estimate of drug-likeness (QED) is 0.431. The Bertz CT molecular complexity index is 557. The fourth-order valence-corrected chi connectivity index (χ4v) is 2.21. The van der Waals surface area contributed by atoms with Crippen molar-refractivity contribution < 1.29 is 19.6 Å². The van der Waals surface area contributed by atoms with Gasteiger partial charge in [-0.25, -0.2) is 0 Å². The molecule has 8 heteroatoms. The molecule has 0 aromatic heterocycles. The molecule has 0 radical (unpaired) electrons. The summed E-state index contributed by atoms with van der Waals surface area (Å²) in [6, 6.07) is 5.94. The average Bonchev–Trinajstić information content (AvgIpc) is 2.45. The summed E-state index contributed by atoms with van der Waals surface area (Å²) in [5.74, 6) is -0.933. The number of carbonyl (C=O) groups excluding carboxylic acids is 1. The fourth-order valence-electron chi connectivity index (χ4n) is 1.49. The molecule has 1 aromatic carbocycles. The molecule has 0 saturated carbocycles. The monoisotopic (exact) mass is 326 g/mol. The van der Waals surface area contributed by atoms with Crippen LogP contribution in [-0.4, -0.2) is 34.2 Å². The van der Waals surface area contributed by atoms with E-state index in [1.165, 1.54) is 23.9 Å². The highest BCUT2D eigenvalue weighted by Crippen LogP contribution is 2.21. The van der Waals surface area contributed by atoms with Gasteiger partial charge < -0.3 is 10.4 Å². The van der Waals surface area contributed by atoms with Crippen molar-refractivity contribution in [2.45, 2.75) is 25.2 Å². The molecule has 0 aliphatic heterocycles. The molecule has 120 valence electrons. The first-order valence-corrected chi connectivity index (χ1v) is 7.58. The lowest BCUT2D eigenvalue weighted by Crippen LogP contribution is -2.32. The number of carboxylic acid groups (broad SMARTS) is 1. The summed E-state index contributed by atoms with van der Waals surface area (Å²) in [4.78, 5) is 33.4. The summed E-state index contributed by atoms with van der Waals surface area (Å²) in [7, 11) is 0. The van der Waals surface area contributed by atoms with Crippen molar-refractivity contribution in [3.63, 3.8) is 0 Å². The van der Waals surface area contributed by atoms with Gasteiger partial charge >= 0.3 is 5.97 Å². The number of rotatable bonds is 8. The summed E-state index contributed by atoms with van der Waals surface area (Å²) in [5.41, 5.74) is -0.872. The van der Waals surface area contributed by atoms with Gasteiger partial charge in [0, 0.05) is 23.6 Å². The smallest absolute Gasteiger partial charge is 0.309 e. The molecule has 0 aliphatic rings. The molecule has 1 rings (SSSR count). The zero-order valence-corrected chi connectivity index (χ0v) is 13.2. The molecular weight excluding hydrogens is 308 g/mol. The van der Waals surface area contributed by atoms with E-state index in [9.17, 15) is 19.7 Å². The number of nitro groups is 1. The Morgan fingerprint density at radius 3 is 2.41 bits per heavy atom. The average molecular weight is 326 g/mol. The lowest BCUT2D eigenvalue weighted by Gasteiger charge is -2.18. The molecule has 1 amide bonds. The van der Waals surface area contributed by atoms with Crippen molar-refractivity contribution in [2.24, 2.45) is 5.41 Å². The van der Waals surface area contributed by atoms with E-state index in [1.807, 2.05) is 0 Å². The highest BCUT2D eigenvalue weighted by molar-refractivity contribution is 8.00. The molecule has 0 bridgehead atoms. The topological polar surface area (TPSA) is 110 Å². The van der Waals surface area contributed by atoms with E-state index in [2.05, 4.69) is 5.32 Å². The number of nitro benzene ring substituents is 1. The molecule has 0 unspecified atom stereocenters. The lowest BCUT2D eigenvalue weighted by atomic mass is 9.90. The number of aliphatic carboxylic acids is 1. The minimum absolute atomic E-state index is 0.00436. The van der Waals surface area contributed by atoms with E-state index in [1.54, 1.807) is 26.0 Å². The molecule has 1 aromatic rings. The lowest BCUT2D eigenvalue weighted by molar-refractivity contribution is -0.384. The number of nitrogens with zero attached hydrogens (tertiary/aromatic N) is 1. The van der Waals surface area contributed by atoms with Crippen molar-refractivity contribution in [3.05, 3.63) is 34.4 Å². The summed E-state index contributed by atoms with van der Waals surface area (Å²) >= 11 is 1.26. The predicted molar refractivity (Wildman–Crippen MR) is 82.9 cm³/mol. The van der Waals surface area contributed by atoms with Crippen LogP contribution in [0.15, 0.2) is 29.2 Å². The maximum Gasteiger partial charge on any atom is 0.309 e. The number of hydrogen-bond donors (Lipinski definition) is 2. The zero-order chi connectivity index (χ0) is 16.8. The summed E-state index contributed by atoms with van der Waals surface area (Å²) in [6.07, 6.45) is 0.344. The van der Waals surface area contributed by atoms with Crippen LogP contribution in [0.4, 0.5) is 5.69 Å². The second-order valence-corrected chi connectivity index (χ2v) is 6.38. The van der Waals surface area contributed by atoms with Gasteiger partial charge in [0.25, 0.3) is 5.69 Å². The molecule has 0 heterocycles. The minimum atomic E-state index is -0.901. The van der Waals surface area contributed by atoms with Crippen LogP contribution in [0.1, 0.15) is 20.3 Å². The SMILES string of the molecule is CC(C)(CCNC(=O)CSc1ccc([N+](=O)[O-])cc1)C(=O)O. The van der Waals surface area contributed by atoms with Gasteiger partial charge in [0.1, 0.15) is 0 Å². The van der Waals surface area contributed by atoms with E-state index >= 15 is 0 Å². The Balaban J connectivity index is 2.34. The number of non-ortho nitro benzene ring substituents is 1. The van der Waals surface area contributed by atoms with Crippen LogP contribution in [0, 0.1) is 15.5 Å². The van der Waals surface area contributed by atoms with Gasteiger partial charge in [0.15, 0.2) is 0 Å². The third kappa shape index (κ3) is 5.72. The highest BCUT2D eigenvalue weighted by Gasteiger charge is 2.26. The third-order valence-electron chi connectivity index (χ3n) is 3.07. The van der Waals surface area contributed by atoms with Crippen molar-refractivity contribution >= 4 is 29.3 Å². The van der Waals surface area contributed by atoms with Crippen LogP contribution in [0.25, 0.3) is 0 Å². The molecule has 2 N–H and O–H groups in total. The molecule has 0 saturated heterocycles. The number of thioether (sulfide) groups is 1. The van der Waals surface area contributed by atoms with Gasteiger partial charge in [-0.15, -0.1) is 11.8 Å². The third-order valence-corrected chi connectivity index (χ3v) is 4.08. The van der Waals surface area contributed by atoms with Gasteiger partial charge in [-0.05, 0) is 32.4 Å². The fraction of sp³-hybridized carbons (Fsp3) is 0.429. The normalized spacial score (nSPS) is 11.0. The summed E-state index contributed by atoms with van der Waals surface area (Å²) < 4.78 is 0. The minimum Gasteiger partial charge on any atom is -0.481 e. The van der Waals surface area contributed by atoms with Crippen molar-refractivity contribution in [1.29, 1.82) is 0 Å². The Labute approximate surface area is 132 Å². The van der Waals surface area contributed by atoms with E-state index in [0.29, 0.717) is 13.0 Å². The number of carboxylic acids is 1. The Morgan fingerprint density at radius 2 is 1.91 bits per heavy atom. The van der Waals surface area contributed by atoms with Crippen molar-refractivity contribution in [1.82, 2.24) is 5.32 Å².